The summed E-state index contributed by atoms with van der Waals surface area (Å²) in [4.78, 5) is 16.8. The van der Waals surface area contributed by atoms with E-state index < -0.39 is 0 Å². The molecule has 0 unspecified atom stereocenters. The first-order chi connectivity index (χ1) is 13.2. The van der Waals surface area contributed by atoms with Crippen molar-refractivity contribution < 1.29 is 0 Å². The van der Waals surface area contributed by atoms with E-state index in [2.05, 4.69) is 15.2 Å². The van der Waals surface area contributed by atoms with E-state index in [1.807, 2.05) is 54.0 Å². The highest BCUT2D eigenvalue weighted by Crippen LogP contribution is 2.26. The molecule has 0 saturated carbocycles. The molecule has 3 heterocycles. The number of hydrogen-bond donors (Lipinski definition) is 0. The third-order valence-corrected chi connectivity index (χ3v) is 5.36. The molecule has 0 fully saturated rings. The van der Waals surface area contributed by atoms with Gasteiger partial charge in [-0.05, 0) is 43.3 Å². The van der Waals surface area contributed by atoms with Gasteiger partial charge in [-0.1, -0.05) is 29.4 Å². The Kier molecular flexibility index (Phi) is 4.96. The third-order valence-electron chi connectivity index (χ3n) is 4.11. The van der Waals surface area contributed by atoms with Crippen molar-refractivity contribution in [2.75, 3.05) is 0 Å². The highest BCUT2D eigenvalue weighted by atomic mass is 35.5. The summed E-state index contributed by atoms with van der Waals surface area (Å²) in [5.74, 6) is 1.34. The Morgan fingerprint density at radius 2 is 1.93 bits per heavy atom. The van der Waals surface area contributed by atoms with E-state index in [0.717, 1.165) is 28.8 Å². The van der Waals surface area contributed by atoms with Gasteiger partial charge >= 0.3 is 0 Å². The van der Waals surface area contributed by atoms with E-state index >= 15 is 0 Å². The van der Waals surface area contributed by atoms with Crippen LogP contribution in [-0.4, -0.2) is 24.1 Å². The average Bonchev–Trinajstić information content (AvgIpc) is 3.10. The molecule has 0 aliphatic rings. The smallest absolute Gasteiger partial charge is 0.258 e. The largest absolute Gasteiger partial charge is 0.302 e. The molecule has 0 saturated heterocycles. The molecule has 27 heavy (non-hydrogen) atoms. The predicted octanol–water partition coefficient (Wildman–Crippen LogP) is 3.92. The van der Waals surface area contributed by atoms with Crippen LogP contribution in [0.1, 0.15) is 12.6 Å². The first-order valence-electron chi connectivity index (χ1n) is 8.45. The Morgan fingerprint density at radius 3 is 2.70 bits per heavy atom. The van der Waals surface area contributed by atoms with Crippen LogP contribution in [0.4, 0.5) is 0 Å². The molecule has 0 N–H and O–H groups in total. The molecule has 0 aliphatic carbocycles. The number of thioether (sulfide) groups is 1. The van der Waals surface area contributed by atoms with E-state index in [0.29, 0.717) is 16.4 Å². The van der Waals surface area contributed by atoms with Crippen LogP contribution in [0.3, 0.4) is 0 Å². The van der Waals surface area contributed by atoms with Crippen LogP contribution in [0.5, 0.6) is 0 Å². The second-order valence-electron chi connectivity index (χ2n) is 5.86. The Hall–Kier alpha value is -2.64. The van der Waals surface area contributed by atoms with Crippen LogP contribution in [0, 0.1) is 0 Å². The summed E-state index contributed by atoms with van der Waals surface area (Å²) in [5.41, 5.74) is 2.23. The average molecular weight is 398 g/mol. The lowest BCUT2D eigenvalue weighted by Gasteiger charge is -2.08. The van der Waals surface area contributed by atoms with E-state index in [1.54, 1.807) is 12.3 Å². The number of hydrogen-bond acceptors (Lipinski definition) is 5. The molecule has 8 heteroatoms. The van der Waals surface area contributed by atoms with Gasteiger partial charge in [0, 0.05) is 35.1 Å². The van der Waals surface area contributed by atoms with E-state index in [9.17, 15) is 4.79 Å². The van der Waals surface area contributed by atoms with Crippen molar-refractivity contribution in [2.45, 2.75) is 24.4 Å². The maximum absolute atomic E-state index is 12.2. The molecule has 3 aromatic heterocycles. The third kappa shape index (κ3) is 3.61. The molecule has 0 radical (unpaired) electrons. The van der Waals surface area contributed by atoms with Crippen molar-refractivity contribution >= 4 is 29.0 Å². The molecule has 0 aliphatic heterocycles. The second kappa shape index (κ2) is 7.54. The maximum Gasteiger partial charge on any atom is 0.258 e. The fraction of sp³-hybridized carbons (Fsp3) is 0.158. The summed E-state index contributed by atoms with van der Waals surface area (Å²) in [5, 5.41) is 10.1. The van der Waals surface area contributed by atoms with E-state index in [1.165, 1.54) is 16.2 Å². The van der Waals surface area contributed by atoms with Crippen LogP contribution in [0.2, 0.25) is 5.02 Å². The maximum atomic E-state index is 12.2. The van der Waals surface area contributed by atoms with Gasteiger partial charge < -0.3 is 4.57 Å². The number of pyridine rings is 1. The number of fused-ring (bicyclic) bond motifs is 1. The molecule has 4 rings (SSSR count). The lowest BCUT2D eigenvalue weighted by Crippen LogP contribution is -2.14. The fourth-order valence-corrected chi connectivity index (χ4v) is 3.83. The molecule has 0 atom stereocenters. The van der Waals surface area contributed by atoms with Gasteiger partial charge in [-0.25, -0.2) is 4.98 Å². The molecule has 1 aromatic carbocycles. The fourth-order valence-electron chi connectivity index (χ4n) is 2.81. The Balaban J connectivity index is 1.60. The predicted molar refractivity (Wildman–Crippen MR) is 107 cm³/mol. The molecule has 136 valence electrons. The summed E-state index contributed by atoms with van der Waals surface area (Å²) in [7, 11) is 0. The van der Waals surface area contributed by atoms with Gasteiger partial charge in [-0.2, -0.15) is 0 Å². The molecule has 4 aromatic rings. The normalized spacial score (nSPS) is 11.2. The van der Waals surface area contributed by atoms with Gasteiger partial charge in [0.2, 0.25) is 0 Å². The second-order valence-corrected chi connectivity index (χ2v) is 7.24. The van der Waals surface area contributed by atoms with Gasteiger partial charge in [-0.3, -0.25) is 9.20 Å². The number of halogens is 1. The highest BCUT2D eigenvalue weighted by Gasteiger charge is 2.14. The molecule has 0 bridgehead atoms. The first-order valence-corrected chi connectivity index (χ1v) is 9.81. The van der Waals surface area contributed by atoms with Crippen molar-refractivity contribution in [3.05, 3.63) is 75.8 Å². The summed E-state index contributed by atoms with van der Waals surface area (Å²) in [6.45, 7) is 2.79. The number of nitrogens with zero attached hydrogens (tertiary/aromatic N) is 5. The molecule has 0 spiro atoms. The van der Waals surface area contributed by atoms with Crippen LogP contribution in [0.25, 0.3) is 17.0 Å². The Bertz CT molecular complexity index is 1150. The molecular formula is C19H16ClN5OS. The molecule has 6 nitrogen and oxygen atoms in total. The van der Waals surface area contributed by atoms with Crippen molar-refractivity contribution in [3.8, 4) is 11.4 Å². The quantitative estimate of drug-likeness (QED) is 0.477. The van der Waals surface area contributed by atoms with Crippen LogP contribution in [-0.2, 0) is 12.3 Å². The number of benzene rings is 1. The highest BCUT2D eigenvalue weighted by molar-refractivity contribution is 7.98. The molecule has 0 amide bonds. The van der Waals surface area contributed by atoms with Crippen molar-refractivity contribution in [1.82, 2.24) is 24.1 Å². The zero-order valence-electron chi connectivity index (χ0n) is 14.5. The number of rotatable bonds is 5. The first kappa shape index (κ1) is 17.8. The van der Waals surface area contributed by atoms with E-state index in [-0.39, 0.29) is 5.56 Å². The summed E-state index contributed by atoms with van der Waals surface area (Å²) in [6.07, 6.45) is 1.72. The summed E-state index contributed by atoms with van der Waals surface area (Å²) >= 11 is 7.48. The standard InChI is InChI=1S/C19H16ClN5OS/c1-2-24-18(13-6-8-14(20)9-7-13)22-23-19(24)27-12-15-11-17(26)25-10-4-3-5-16(25)21-15/h3-11H,2,12H2,1H3. The van der Waals surface area contributed by atoms with Crippen molar-refractivity contribution in [2.24, 2.45) is 0 Å². The Morgan fingerprint density at radius 1 is 1.11 bits per heavy atom. The summed E-state index contributed by atoms with van der Waals surface area (Å²) < 4.78 is 3.57. The SMILES string of the molecule is CCn1c(SCc2cc(=O)n3ccccc3n2)nnc1-c1ccc(Cl)cc1. The van der Waals surface area contributed by atoms with Crippen LogP contribution in [0.15, 0.2) is 64.7 Å². The minimum atomic E-state index is -0.0880. The monoisotopic (exact) mass is 397 g/mol. The Labute approximate surface area is 164 Å². The zero-order valence-corrected chi connectivity index (χ0v) is 16.1. The lowest BCUT2D eigenvalue weighted by molar-refractivity contribution is 0.687. The van der Waals surface area contributed by atoms with Crippen molar-refractivity contribution in [1.29, 1.82) is 0 Å². The van der Waals surface area contributed by atoms with Gasteiger partial charge in [0.15, 0.2) is 11.0 Å². The number of aromatic nitrogens is 5. The van der Waals surface area contributed by atoms with Gasteiger partial charge in [0.25, 0.3) is 5.56 Å². The topological polar surface area (TPSA) is 65.1 Å². The van der Waals surface area contributed by atoms with Crippen molar-refractivity contribution in [3.63, 3.8) is 0 Å². The van der Waals surface area contributed by atoms with Gasteiger partial charge in [0.05, 0.1) is 5.69 Å². The van der Waals surface area contributed by atoms with Gasteiger partial charge in [0.1, 0.15) is 5.65 Å². The minimum absolute atomic E-state index is 0.0880. The minimum Gasteiger partial charge on any atom is -0.302 e. The lowest BCUT2D eigenvalue weighted by atomic mass is 10.2. The molecular weight excluding hydrogens is 382 g/mol. The zero-order chi connectivity index (χ0) is 18.8. The van der Waals surface area contributed by atoms with Crippen LogP contribution < -0.4 is 5.56 Å². The van der Waals surface area contributed by atoms with E-state index in [4.69, 9.17) is 11.6 Å². The summed E-state index contributed by atoms with van der Waals surface area (Å²) in [6, 6.07) is 14.6. The van der Waals surface area contributed by atoms with Gasteiger partial charge in [-0.15, -0.1) is 10.2 Å². The van der Waals surface area contributed by atoms with Crippen LogP contribution >= 0.6 is 23.4 Å².